The summed E-state index contributed by atoms with van der Waals surface area (Å²) in [5.41, 5.74) is 0.0128. The Kier molecular flexibility index (Phi) is 5.50. The molecule has 1 aromatic heterocycles. The number of aromatic nitrogens is 3. The van der Waals surface area contributed by atoms with Crippen molar-refractivity contribution >= 4 is 11.8 Å². The van der Waals surface area contributed by atoms with Gasteiger partial charge in [0.25, 0.3) is 0 Å². The molecular weight excluding hydrogens is 311 g/mol. The van der Waals surface area contributed by atoms with Crippen molar-refractivity contribution in [3.63, 3.8) is 0 Å². The van der Waals surface area contributed by atoms with Crippen molar-refractivity contribution in [2.24, 2.45) is 0 Å². The van der Waals surface area contributed by atoms with Gasteiger partial charge in [0.2, 0.25) is 0 Å². The van der Waals surface area contributed by atoms with Crippen LogP contribution in [0.1, 0.15) is 37.2 Å². The fourth-order valence-corrected chi connectivity index (χ4v) is 3.05. The maximum absolute atomic E-state index is 12.7. The van der Waals surface area contributed by atoms with E-state index in [1.807, 2.05) is 11.5 Å². The molecule has 0 amide bonds. The second-order valence-electron chi connectivity index (χ2n) is 4.89. The van der Waals surface area contributed by atoms with Gasteiger partial charge in [-0.25, -0.2) is 0 Å². The summed E-state index contributed by atoms with van der Waals surface area (Å²) in [6.07, 6.45) is -2.56. The molecule has 0 radical (unpaired) electrons. The summed E-state index contributed by atoms with van der Waals surface area (Å²) < 4.78 is 40.2. The van der Waals surface area contributed by atoms with Gasteiger partial charge in [-0.2, -0.15) is 13.2 Å². The molecule has 0 N–H and O–H groups in total. The number of benzene rings is 1. The number of aryl methyl sites for hydroxylation is 1. The van der Waals surface area contributed by atoms with Crippen molar-refractivity contribution in [3.8, 4) is 0 Å². The molecule has 2 rings (SSSR count). The number of thioether (sulfide) groups is 1. The van der Waals surface area contributed by atoms with Gasteiger partial charge in [0.1, 0.15) is 5.82 Å². The minimum atomic E-state index is -4.31. The molecule has 0 bridgehead atoms. The van der Waals surface area contributed by atoms with Crippen LogP contribution in [0.3, 0.4) is 0 Å². The molecule has 0 unspecified atom stereocenters. The lowest BCUT2D eigenvalue weighted by atomic mass is 10.1. The van der Waals surface area contributed by atoms with E-state index < -0.39 is 11.7 Å². The Labute approximate surface area is 131 Å². The average Bonchev–Trinajstić information content (AvgIpc) is 2.87. The molecule has 0 saturated heterocycles. The van der Waals surface area contributed by atoms with Crippen LogP contribution in [0.2, 0.25) is 0 Å². The van der Waals surface area contributed by atoms with Crippen LogP contribution < -0.4 is 0 Å². The first-order valence-electron chi connectivity index (χ1n) is 7.16. The van der Waals surface area contributed by atoms with E-state index in [-0.39, 0.29) is 0 Å². The number of hydrogen-bond donors (Lipinski definition) is 0. The van der Waals surface area contributed by atoms with Gasteiger partial charge in [-0.15, -0.1) is 10.2 Å². The lowest BCUT2D eigenvalue weighted by Crippen LogP contribution is -2.05. The predicted octanol–water partition coefficient (Wildman–Crippen LogP) is 4.56. The normalized spacial score (nSPS) is 11.9. The van der Waals surface area contributed by atoms with Crippen LogP contribution in [-0.2, 0) is 24.9 Å². The van der Waals surface area contributed by atoms with E-state index in [1.54, 1.807) is 6.07 Å². The van der Waals surface area contributed by atoms with Gasteiger partial charge in [0.05, 0.1) is 5.56 Å². The molecule has 120 valence electrons. The standard InChI is InChI=1S/C15H18F3N3S/c1-3-8-21-13(4-2)19-20-14(21)22-10-11-6-5-7-12(9-11)15(16,17)18/h5-7,9H,3-4,8,10H2,1-2H3. The first-order chi connectivity index (χ1) is 10.5. The molecule has 2 aromatic rings. The minimum absolute atomic E-state index is 0.440. The monoisotopic (exact) mass is 329 g/mol. The highest BCUT2D eigenvalue weighted by Gasteiger charge is 2.30. The number of halogens is 3. The topological polar surface area (TPSA) is 30.7 Å². The Morgan fingerprint density at radius 3 is 2.59 bits per heavy atom. The highest BCUT2D eigenvalue weighted by Crippen LogP contribution is 2.31. The Bertz CT molecular complexity index is 623. The quantitative estimate of drug-likeness (QED) is 0.728. The van der Waals surface area contributed by atoms with Gasteiger partial charge in [0.15, 0.2) is 5.16 Å². The fourth-order valence-electron chi connectivity index (χ4n) is 2.12. The van der Waals surface area contributed by atoms with Gasteiger partial charge >= 0.3 is 6.18 Å². The zero-order chi connectivity index (χ0) is 16.2. The average molecular weight is 329 g/mol. The van der Waals surface area contributed by atoms with Gasteiger partial charge in [-0.05, 0) is 18.1 Å². The zero-order valence-corrected chi connectivity index (χ0v) is 13.3. The summed E-state index contributed by atoms with van der Waals surface area (Å²) in [5.74, 6) is 1.35. The second kappa shape index (κ2) is 7.17. The first kappa shape index (κ1) is 16.9. The van der Waals surface area contributed by atoms with Crippen molar-refractivity contribution in [1.82, 2.24) is 14.8 Å². The zero-order valence-electron chi connectivity index (χ0n) is 12.5. The van der Waals surface area contributed by atoms with Gasteiger partial charge in [-0.3, -0.25) is 0 Å². The minimum Gasteiger partial charge on any atom is -0.306 e. The van der Waals surface area contributed by atoms with Gasteiger partial charge in [-0.1, -0.05) is 43.8 Å². The predicted molar refractivity (Wildman–Crippen MR) is 80.7 cm³/mol. The summed E-state index contributed by atoms with van der Waals surface area (Å²) in [4.78, 5) is 0. The van der Waals surface area contributed by atoms with Crippen LogP contribution in [0.5, 0.6) is 0 Å². The molecule has 7 heteroatoms. The van der Waals surface area contributed by atoms with Gasteiger partial charge < -0.3 is 4.57 Å². The maximum Gasteiger partial charge on any atom is 0.416 e. The van der Waals surface area contributed by atoms with Crippen molar-refractivity contribution in [1.29, 1.82) is 0 Å². The number of nitrogens with zero attached hydrogens (tertiary/aromatic N) is 3. The molecule has 0 fully saturated rings. The molecular formula is C15H18F3N3S. The Morgan fingerprint density at radius 2 is 1.95 bits per heavy atom. The number of hydrogen-bond acceptors (Lipinski definition) is 3. The summed E-state index contributed by atoms with van der Waals surface area (Å²) in [6.45, 7) is 4.90. The summed E-state index contributed by atoms with van der Waals surface area (Å²) >= 11 is 1.42. The van der Waals surface area contributed by atoms with E-state index in [1.165, 1.54) is 23.9 Å². The number of rotatable bonds is 6. The molecule has 0 aliphatic carbocycles. The van der Waals surface area contributed by atoms with Crippen LogP contribution in [0.15, 0.2) is 29.4 Å². The van der Waals surface area contributed by atoms with Crippen molar-refractivity contribution in [2.75, 3.05) is 0 Å². The summed E-state index contributed by atoms with van der Waals surface area (Å²) in [5, 5.41) is 9.04. The molecule has 0 aliphatic heterocycles. The van der Waals surface area contributed by atoms with Crippen LogP contribution >= 0.6 is 11.8 Å². The summed E-state index contributed by atoms with van der Waals surface area (Å²) in [6, 6.07) is 5.41. The van der Waals surface area contributed by atoms with Crippen molar-refractivity contribution < 1.29 is 13.2 Å². The molecule has 0 saturated carbocycles. The SMILES string of the molecule is CCCn1c(CC)nnc1SCc1cccc(C(F)(F)F)c1. The number of alkyl halides is 3. The largest absolute Gasteiger partial charge is 0.416 e. The van der Waals surface area contributed by atoms with Crippen LogP contribution in [0.25, 0.3) is 0 Å². The highest BCUT2D eigenvalue weighted by molar-refractivity contribution is 7.98. The van der Waals surface area contributed by atoms with Crippen molar-refractivity contribution in [3.05, 3.63) is 41.2 Å². The van der Waals surface area contributed by atoms with E-state index in [9.17, 15) is 13.2 Å². The molecule has 0 aliphatic rings. The first-order valence-corrected chi connectivity index (χ1v) is 8.15. The van der Waals surface area contributed by atoms with Crippen LogP contribution in [0, 0.1) is 0 Å². The van der Waals surface area contributed by atoms with E-state index in [4.69, 9.17) is 0 Å². The Balaban J connectivity index is 2.12. The second-order valence-corrected chi connectivity index (χ2v) is 5.83. The lowest BCUT2D eigenvalue weighted by Gasteiger charge is -2.09. The fraction of sp³-hybridized carbons (Fsp3) is 0.467. The lowest BCUT2D eigenvalue weighted by molar-refractivity contribution is -0.137. The van der Waals surface area contributed by atoms with Crippen LogP contribution in [0.4, 0.5) is 13.2 Å². The third kappa shape index (κ3) is 4.03. The van der Waals surface area contributed by atoms with E-state index in [2.05, 4.69) is 17.1 Å². The van der Waals surface area contributed by atoms with E-state index in [0.717, 1.165) is 36.4 Å². The molecule has 1 aromatic carbocycles. The van der Waals surface area contributed by atoms with Gasteiger partial charge in [0, 0.05) is 18.7 Å². The summed E-state index contributed by atoms with van der Waals surface area (Å²) in [7, 11) is 0. The van der Waals surface area contributed by atoms with Crippen LogP contribution in [-0.4, -0.2) is 14.8 Å². The third-order valence-corrected chi connectivity index (χ3v) is 4.22. The van der Waals surface area contributed by atoms with Crippen molar-refractivity contribution in [2.45, 2.75) is 50.3 Å². The Hall–Kier alpha value is -1.50. The van der Waals surface area contributed by atoms with E-state index in [0.29, 0.717) is 11.3 Å². The molecule has 1 heterocycles. The highest BCUT2D eigenvalue weighted by atomic mass is 32.2. The smallest absolute Gasteiger partial charge is 0.306 e. The molecule has 3 nitrogen and oxygen atoms in total. The molecule has 0 atom stereocenters. The van der Waals surface area contributed by atoms with E-state index >= 15 is 0 Å². The Morgan fingerprint density at radius 1 is 1.18 bits per heavy atom. The molecule has 22 heavy (non-hydrogen) atoms. The third-order valence-electron chi connectivity index (χ3n) is 3.18. The maximum atomic E-state index is 12.7. The molecule has 0 spiro atoms.